The summed E-state index contributed by atoms with van der Waals surface area (Å²) in [6.07, 6.45) is 0.853. The topological polar surface area (TPSA) is 9.23 Å². The highest BCUT2D eigenvalue weighted by Crippen LogP contribution is 2.40. The zero-order valence-corrected chi connectivity index (χ0v) is 9.71. The first-order valence-corrected chi connectivity index (χ1v) is 5.67. The smallest absolute Gasteiger partial charge is 0.132 e. The summed E-state index contributed by atoms with van der Waals surface area (Å²) < 4.78 is 5.83. The summed E-state index contributed by atoms with van der Waals surface area (Å²) >= 11 is 6.30. The van der Waals surface area contributed by atoms with Gasteiger partial charge in [-0.15, -0.1) is 0 Å². The van der Waals surface area contributed by atoms with Crippen LogP contribution < -0.4 is 4.74 Å². The first kappa shape index (κ1) is 9.73. The van der Waals surface area contributed by atoms with E-state index in [0.717, 1.165) is 34.1 Å². The predicted octanol–water partition coefficient (Wildman–Crippen LogP) is 4.34. The van der Waals surface area contributed by atoms with Gasteiger partial charge in [0.25, 0.3) is 0 Å². The van der Waals surface area contributed by atoms with Gasteiger partial charge in [0, 0.05) is 12.0 Å². The molecule has 0 aliphatic carbocycles. The highest BCUT2D eigenvalue weighted by Gasteiger charge is 2.19. The number of benzene rings is 2. The zero-order chi connectivity index (χ0) is 11.1. The van der Waals surface area contributed by atoms with Crippen molar-refractivity contribution in [1.29, 1.82) is 0 Å². The lowest BCUT2D eigenvalue weighted by molar-refractivity contribution is 0.460. The van der Waals surface area contributed by atoms with Gasteiger partial charge in [-0.3, -0.25) is 0 Å². The molecule has 0 N–H and O–H groups in total. The third-order valence-corrected chi connectivity index (χ3v) is 3.48. The predicted molar refractivity (Wildman–Crippen MR) is 65.5 cm³/mol. The first-order valence-electron chi connectivity index (χ1n) is 5.29. The largest absolute Gasteiger partial charge is 0.457 e. The van der Waals surface area contributed by atoms with Crippen LogP contribution in [0.25, 0.3) is 0 Å². The molecule has 16 heavy (non-hydrogen) atoms. The van der Waals surface area contributed by atoms with Crippen molar-refractivity contribution >= 4 is 11.6 Å². The van der Waals surface area contributed by atoms with E-state index < -0.39 is 0 Å². The summed E-state index contributed by atoms with van der Waals surface area (Å²) in [5.41, 5.74) is 3.39. The second-order valence-corrected chi connectivity index (χ2v) is 4.44. The van der Waals surface area contributed by atoms with Gasteiger partial charge < -0.3 is 4.74 Å². The zero-order valence-electron chi connectivity index (χ0n) is 8.96. The fraction of sp³-hybridized carbons (Fsp3) is 0.143. The number of rotatable bonds is 0. The van der Waals surface area contributed by atoms with Gasteiger partial charge in [-0.25, -0.2) is 0 Å². The standard InChI is InChI=1S/C14H11ClO/c1-9-6-7-13-11(14(9)15)8-10-4-2-3-5-12(10)16-13/h2-7H,8H2,1H3. The third-order valence-electron chi connectivity index (χ3n) is 2.95. The van der Waals surface area contributed by atoms with Crippen molar-refractivity contribution in [3.8, 4) is 11.5 Å². The van der Waals surface area contributed by atoms with Crippen molar-refractivity contribution in [3.63, 3.8) is 0 Å². The Morgan fingerprint density at radius 2 is 1.88 bits per heavy atom. The van der Waals surface area contributed by atoms with Gasteiger partial charge >= 0.3 is 0 Å². The molecular weight excluding hydrogens is 220 g/mol. The fourth-order valence-electron chi connectivity index (χ4n) is 2.04. The summed E-state index contributed by atoms with van der Waals surface area (Å²) in [6.45, 7) is 2.02. The van der Waals surface area contributed by atoms with Crippen LogP contribution in [0.15, 0.2) is 36.4 Å². The molecule has 0 saturated carbocycles. The van der Waals surface area contributed by atoms with Crippen molar-refractivity contribution < 1.29 is 4.74 Å². The summed E-state index contributed by atoms with van der Waals surface area (Å²) in [5, 5.41) is 0.826. The van der Waals surface area contributed by atoms with Crippen molar-refractivity contribution in [1.82, 2.24) is 0 Å². The van der Waals surface area contributed by atoms with Crippen LogP contribution in [0.2, 0.25) is 5.02 Å². The van der Waals surface area contributed by atoms with Crippen molar-refractivity contribution in [2.75, 3.05) is 0 Å². The van der Waals surface area contributed by atoms with Crippen LogP contribution in [0.3, 0.4) is 0 Å². The maximum atomic E-state index is 6.30. The Labute approximate surface area is 99.6 Å². The van der Waals surface area contributed by atoms with Crippen LogP contribution in [0.4, 0.5) is 0 Å². The molecular formula is C14H11ClO. The van der Waals surface area contributed by atoms with Crippen molar-refractivity contribution in [3.05, 3.63) is 58.1 Å². The van der Waals surface area contributed by atoms with E-state index in [1.54, 1.807) is 0 Å². The van der Waals surface area contributed by atoms with Crippen LogP contribution in [0.1, 0.15) is 16.7 Å². The van der Waals surface area contributed by atoms with Gasteiger partial charge in [-0.1, -0.05) is 35.9 Å². The lowest BCUT2D eigenvalue weighted by Gasteiger charge is -2.21. The molecule has 2 aromatic carbocycles. The number of hydrogen-bond donors (Lipinski definition) is 0. The maximum Gasteiger partial charge on any atom is 0.132 e. The van der Waals surface area contributed by atoms with E-state index in [1.165, 1.54) is 5.56 Å². The second-order valence-electron chi connectivity index (χ2n) is 4.06. The SMILES string of the molecule is Cc1ccc2c(c1Cl)Cc1ccccc1O2. The Hall–Kier alpha value is -1.47. The molecule has 1 nitrogen and oxygen atoms in total. The van der Waals surface area contributed by atoms with Gasteiger partial charge in [0.1, 0.15) is 11.5 Å². The molecule has 2 aromatic rings. The Bertz CT molecular complexity index is 561. The first-order chi connectivity index (χ1) is 7.75. The van der Waals surface area contributed by atoms with Gasteiger partial charge in [0.2, 0.25) is 0 Å². The van der Waals surface area contributed by atoms with Crippen LogP contribution in [-0.2, 0) is 6.42 Å². The van der Waals surface area contributed by atoms with Gasteiger partial charge in [0.05, 0.1) is 5.02 Å². The highest BCUT2D eigenvalue weighted by molar-refractivity contribution is 6.32. The average Bonchev–Trinajstić information content (AvgIpc) is 2.32. The second kappa shape index (κ2) is 3.53. The Kier molecular flexibility index (Phi) is 2.15. The third kappa shape index (κ3) is 1.40. The molecule has 0 unspecified atom stereocenters. The molecule has 0 saturated heterocycles. The minimum Gasteiger partial charge on any atom is -0.457 e. The fourth-order valence-corrected chi connectivity index (χ4v) is 2.26. The van der Waals surface area contributed by atoms with E-state index >= 15 is 0 Å². The van der Waals surface area contributed by atoms with Crippen LogP contribution in [0.5, 0.6) is 11.5 Å². The van der Waals surface area contributed by atoms with Crippen LogP contribution in [0, 0.1) is 6.92 Å². The highest BCUT2D eigenvalue weighted by atomic mass is 35.5. The van der Waals surface area contributed by atoms with Crippen LogP contribution >= 0.6 is 11.6 Å². The summed E-state index contributed by atoms with van der Waals surface area (Å²) in [4.78, 5) is 0. The van der Waals surface area contributed by atoms with Crippen LogP contribution in [-0.4, -0.2) is 0 Å². The molecule has 1 aliphatic heterocycles. The molecule has 0 atom stereocenters. The molecule has 0 aromatic heterocycles. The van der Waals surface area contributed by atoms with Gasteiger partial charge in [-0.05, 0) is 30.2 Å². The molecule has 0 bridgehead atoms. The molecule has 0 spiro atoms. The minimum absolute atomic E-state index is 0.826. The van der Waals surface area contributed by atoms with Crippen molar-refractivity contribution in [2.45, 2.75) is 13.3 Å². The van der Waals surface area contributed by atoms with E-state index in [-0.39, 0.29) is 0 Å². The summed E-state index contributed by atoms with van der Waals surface area (Å²) in [7, 11) is 0. The van der Waals surface area contributed by atoms with Gasteiger partial charge in [0.15, 0.2) is 0 Å². The Balaban J connectivity index is 2.16. The molecule has 80 valence electrons. The van der Waals surface area contributed by atoms with E-state index in [1.807, 2.05) is 37.3 Å². The Morgan fingerprint density at radius 1 is 1.06 bits per heavy atom. The summed E-state index contributed by atoms with van der Waals surface area (Å²) in [6, 6.07) is 12.1. The number of ether oxygens (including phenoxy) is 1. The van der Waals surface area contributed by atoms with E-state index in [4.69, 9.17) is 16.3 Å². The number of para-hydroxylation sites is 1. The number of fused-ring (bicyclic) bond motifs is 2. The van der Waals surface area contributed by atoms with E-state index in [2.05, 4.69) is 6.07 Å². The van der Waals surface area contributed by atoms with Gasteiger partial charge in [-0.2, -0.15) is 0 Å². The number of halogens is 1. The molecule has 1 aliphatic rings. The monoisotopic (exact) mass is 230 g/mol. The quantitative estimate of drug-likeness (QED) is 0.558. The molecule has 0 fully saturated rings. The normalized spacial score (nSPS) is 12.6. The lowest BCUT2D eigenvalue weighted by atomic mass is 9.99. The maximum absolute atomic E-state index is 6.30. The molecule has 0 amide bonds. The number of aryl methyl sites for hydroxylation is 1. The summed E-state index contributed by atoms with van der Waals surface area (Å²) in [5.74, 6) is 1.82. The molecule has 2 heteroatoms. The van der Waals surface area contributed by atoms with E-state index in [9.17, 15) is 0 Å². The van der Waals surface area contributed by atoms with E-state index in [0.29, 0.717) is 0 Å². The lowest BCUT2D eigenvalue weighted by Crippen LogP contribution is -2.03. The molecule has 1 heterocycles. The minimum atomic E-state index is 0.826. The number of hydrogen-bond acceptors (Lipinski definition) is 1. The van der Waals surface area contributed by atoms with Crippen molar-refractivity contribution in [2.24, 2.45) is 0 Å². The average molecular weight is 231 g/mol. The Morgan fingerprint density at radius 3 is 2.75 bits per heavy atom. The molecule has 3 rings (SSSR count). The molecule has 0 radical (unpaired) electrons.